The number of likely N-dealkylation sites (tertiary alicyclic amines) is 2. The van der Waals surface area contributed by atoms with Crippen LogP contribution in [0.5, 0.6) is 0 Å². The third-order valence-corrected chi connectivity index (χ3v) is 11.3. The number of hydrogen-bond acceptors (Lipinski definition) is 8. The molecule has 4 amide bonds. The van der Waals surface area contributed by atoms with E-state index in [1.165, 1.54) is 0 Å². The molecule has 2 aliphatic heterocycles. The van der Waals surface area contributed by atoms with Crippen molar-refractivity contribution >= 4 is 35.0 Å². The van der Waals surface area contributed by atoms with Crippen LogP contribution in [0.1, 0.15) is 100 Å². The van der Waals surface area contributed by atoms with E-state index < -0.39 is 23.3 Å². The van der Waals surface area contributed by atoms with Crippen LogP contribution in [0.2, 0.25) is 0 Å². The number of nitrogens with zero attached hydrogens (tertiary/aromatic N) is 3. The van der Waals surface area contributed by atoms with Crippen molar-refractivity contribution in [2.24, 2.45) is 0 Å². The number of aromatic nitrogens is 1. The van der Waals surface area contributed by atoms with Crippen molar-refractivity contribution in [3.63, 3.8) is 0 Å². The fourth-order valence-corrected chi connectivity index (χ4v) is 8.50. The first-order valence-electron chi connectivity index (χ1n) is 21.9. The average molecular weight is 854 g/mol. The van der Waals surface area contributed by atoms with Gasteiger partial charge in [-0.05, 0) is 126 Å². The molecule has 0 radical (unpaired) electrons. The molecule has 63 heavy (non-hydrogen) atoms. The molecular formula is C51H59N5O7. The van der Waals surface area contributed by atoms with Gasteiger partial charge in [0.05, 0.1) is 29.6 Å². The van der Waals surface area contributed by atoms with Crippen LogP contribution < -0.4 is 10.6 Å². The summed E-state index contributed by atoms with van der Waals surface area (Å²) in [6.45, 7) is 16.5. The summed E-state index contributed by atoms with van der Waals surface area (Å²) in [7, 11) is 0. The van der Waals surface area contributed by atoms with Crippen molar-refractivity contribution in [1.82, 2.24) is 14.8 Å². The fraction of sp³-hybridized carbons (Fsp3) is 0.392. The number of rotatable bonds is 12. The van der Waals surface area contributed by atoms with Gasteiger partial charge in [0.15, 0.2) is 5.76 Å². The van der Waals surface area contributed by atoms with Gasteiger partial charge in [-0.2, -0.15) is 0 Å². The predicted octanol–water partition coefficient (Wildman–Crippen LogP) is 9.21. The summed E-state index contributed by atoms with van der Waals surface area (Å²) in [5.41, 5.74) is 4.83. The lowest BCUT2D eigenvalue weighted by Crippen LogP contribution is -2.43. The topological polar surface area (TPSA) is 143 Å². The molecule has 330 valence electrons. The van der Waals surface area contributed by atoms with E-state index in [0.29, 0.717) is 78.5 Å². The van der Waals surface area contributed by atoms with E-state index in [2.05, 4.69) is 15.6 Å². The summed E-state index contributed by atoms with van der Waals surface area (Å²) in [5, 5.41) is 6.03. The van der Waals surface area contributed by atoms with Crippen molar-refractivity contribution in [2.45, 2.75) is 117 Å². The molecule has 0 spiro atoms. The zero-order valence-corrected chi connectivity index (χ0v) is 37.6. The maximum absolute atomic E-state index is 13.9. The van der Waals surface area contributed by atoms with Gasteiger partial charge in [-0.25, -0.2) is 4.98 Å². The quantitative estimate of drug-likeness (QED) is 0.127. The van der Waals surface area contributed by atoms with Gasteiger partial charge in [-0.3, -0.25) is 19.2 Å². The molecule has 0 unspecified atom stereocenters. The van der Waals surface area contributed by atoms with Gasteiger partial charge in [0, 0.05) is 59.6 Å². The maximum Gasteiger partial charge on any atom is 0.254 e. The fourth-order valence-electron chi connectivity index (χ4n) is 8.50. The van der Waals surface area contributed by atoms with Crippen molar-refractivity contribution in [3.05, 3.63) is 126 Å². The van der Waals surface area contributed by atoms with E-state index in [1.807, 2.05) is 128 Å². The maximum atomic E-state index is 13.9. The standard InChI is InChI=1S/C51H59N5O7/c1-9-32-15-11-13-17-40(32)48(59)55-30-38(62-50(3,4)5)27-42(55)45(57)53-36-23-19-34(20-24-36)44-29-52-47(61-44)35-21-25-37(26-22-35)54-46(58)43-28-39(63-51(6,7)8)31-56(43)49(60)41-18-14-12-16-33(41)10-2/h11-26,29,38-39,42-43H,9-10,27-28,30-31H2,1-8H3,(H,53,57)(H,54,58)/t38-,39-,42+,43+/m1/s1. The molecule has 0 bridgehead atoms. The molecular weight excluding hydrogens is 795 g/mol. The number of ether oxygens (including phenoxy) is 2. The number of benzene rings is 4. The summed E-state index contributed by atoms with van der Waals surface area (Å²) in [6.07, 6.45) is 3.25. The summed E-state index contributed by atoms with van der Waals surface area (Å²) in [6, 6.07) is 28.1. The summed E-state index contributed by atoms with van der Waals surface area (Å²) in [5.74, 6) is 0.00706. The van der Waals surface area contributed by atoms with Crippen LogP contribution in [0.4, 0.5) is 11.4 Å². The van der Waals surface area contributed by atoms with Crippen molar-refractivity contribution < 1.29 is 33.1 Å². The number of anilines is 2. The number of nitrogens with one attached hydrogen (secondary N) is 2. The van der Waals surface area contributed by atoms with Crippen LogP contribution in [0.3, 0.4) is 0 Å². The van der Waals surface area contributed by atoms with E-state index in [-0.39, 0.29) is 35.8 Å². The normalized spacial score (nSPS) is 19.0. The second-order valence-corrected chi connectivity index (χ2v) is 18.3. The first-order chi connectivity index (χ1) is 30.0. The van der Waals surface area contributed by atoms with Crippen molar-refractivity contribution in [2.75, 3.05) is 23.7 Å². The zero-order chi connectivity index (χ0) is 45.1. The molecule has 2 saturated heterocycles. The lowest BCUT2D eigenvalue weighted by atomic mass is 10.0. The third kappa shape index (κ3) is 10.7. The van der Waals surface area contributed by atoms with Crippen LogP contribution >= 0.6 is 0 Å². The van der Waals surface area contributed by atoms with Gasteiger partial charge in [0.25, 0.3) is 11.8 Å². The van der Waals surface area contributed by atoms with Gasteiger partial charge < -0.3 is 34.3 Å². The van der Waals surface area contributed by atoms with Crippen LogP contribution in [-0.2, 0) is 31.9 Å². The largest absolute Gasteiger partial charge is 0.436 e. The Balaban J connectivity index is 0.997. The molecule has 5 aromatic rings. The number of hydrogen-bond donors (Lipinski definition) is 2. The average Bonchev–Trinajstić information content (AvgIpc) is 4.02. The van der Waals surface area contributed by atoms with E-state index in [0.717, 1.165) is 16.7 Å². The molecule has 12 nitrogen and oxygen atoms in total. The first kappa shape index (κ1) is 44.9. The van der Waals surface area contributed by atoms with Gasteiger partial charge in [0.1, 0.15) is 12.1 Å². The van der Waals surface area contributed by atoms with Gasteiger partial charge >= 0.3 is 0 Å². The number of oxazole rings is 1. The highest BCUT2D eigenvalue weighted by molar-refractivity contribution is 6.03. The molecule has 2 N–H and O–H groups in total. The lowest BCUT2D eigenvalue weighted by Gasteiger charge is -2.26. The molecule has 2 aliphatic rings. The minimum atomic E-state index is -0.709. The molecule has 2 fully saturated rings. The Hall–Kier alpha value is -6.11. The van der Waals surface area contributed by atoms with E-state index in [9.17, 15) is 19.2 Å². The Morgan fingerprint density at radius 2 is 1.03 bits per heavy atom. The second kappa shape index (κ2) is 18.7. The molecule has 7 rings (SSSR count). The van der Waals surface area contributed by atoms with Crippen molar-refractivity contribution in [1.29, 1.82) is 0 Å². The Morgan fingerprint density at radius 1 is 0.619 bits per heavy atom. The molecule has 4 atom stereocenters. The summed E-state index contributed by atoms with van der Waals surface area (Å²) in [4.78, 5) is 63.2. The highest BCUT2D eigenvalue weighted by Gasteiger charge is 2.43. The Bertz CT molecular complexity index is 2260. The van der Waals surface area contributed by atoms with E-state index >= 15 is 0 Å². The lowest BCUT2D eigenvalue weighted by molar-refractivity contribution is -0.120. The Kier molecular flexibility index (Phi) is 13.3. The van der Waals surface area contributed by atoms with Crippen LogP contribution in [0, 0.1) is 0 Å². The Morgan fingerprint density at radius 3 is 1.44 bits per heavy atom. The number of aryl methyl sites for hydroxylation is 2. The zero-order valence-electron chi connectivity index (χ0n) is 37.6. The highest BCUT2D eigenvalue weighted by Crippen LogP contribution is 2.32. The molecule has 0 aliphatic carbocycles. The Labute approximate surface area is 370 Å². The minimum absolute atomic E-state index is 0.179. The van der Waals surface area contributed by atoms with Crippen LogP contribution in [-0.4, -0.2) is 87.0 Å². The predicted molar refractivity (Wildman–Crippen MR) is 244 cm³/mol. The minimum Gasteiger partial charge on any atom is -0.436 e. The van der Waals surface area contributed by atoms with Gasteiger partial charge in [-0.1, -0.05) is 50.2 Å². The molecule has 4 aromatic carbocycles. The first-order valence-corrected chi connectivity index (χ1v) is 21.9. The molecule has 1 aromatic heterocycles. The second-order valence-electron chi connectivity index (χ2n) is 18.3. The third-order valence-electron chi connectivity index (χ3n) is 11.3. The number of carbonyl (C=O) groups excluding carboxylic acids is 4. The SMILES string of the molecule is CCc1ccccc1C(=O)N1C[C@H](OC(C)(C)C)C[C@H]1C(=O)Nc1ccc(-c2cnc(-c3ccc(NC(=O)[C@@H]4C[C@@H](OC(C)(C)C)CN4C(=O)c4ccccc4CC)cc3)o2)cc1. The highest BCUT2D eigenvalue weighted by atomic mass is 16.5. The molecule has 0 saturated carbocycles. The van der Waals surface area contributed by atoms with E-state index in [1.54, 1.807) is 40.3 Å². The number of amides is 4. The smallest absolute Gasteiger partial charge is 0.254 e. The number of carbonyl (C=O) groups is 4. The molecule has 12 heteroatoms. The summed E-state index contributed by atoms with van der Waals surface area (Å²) < 4.78 is 18.7. The van der Waals surface area contributed by atoms with Gasteiger partial charge in [-0.15, -0.1) is 0 Å². The van der Waals surface area contributed by atoms with Gasteiger partial charge in [0.2, 0.25) is 17.7 Å². The monoisotopic (exact) mass is 853 g/mol. The van der Waals surface area contributed by atoms with Crippen molar-refractivity contribution in [3.8, 4) is 22.8 Å². The van der Waals surface area contributed by atoms with Crippen LogP contribution in [0.25, 0.3) is 22.8 Å². The molecule has 3 heterocycles. The van der Waals surface area contributed by atoms with Crippen LogP contribution in [0.15, 0.2) is 108 Å². The summed E-state index contributed by atoms with van der Waals surface area (Å²) >= 11 is 0. The van der Waals surface area contributed by atoms with E-state index in [4.69, 9.17) is 13.9 Å².